The van der Waals surface area contributed by atoms with Crippen LogP contribution in [0, 0.1) is 5.82 Å². The molecule has 0 saturated carbocycles. The van der Waals surface area contributed by atoms with E-state index in [-0.39, 0.29) is 17.9 Å². The molecule has 0 amide bonds. The van der Waals surface area contributed by atoms with Gasteiger partial charge < -0.3 is 0 Å². The molecule has 0 radical (unpaired) electrons. The molecule has 0 aromatic heterocycles. The summed E-state index contributed by atoms with van der Waals surface area (Å²) in [6, 6.07) is 4.04. The van der Waals surface area contributed by atoms with Crippen molar-refractivity contribution in [2.24, 2.45) is 0 Å². The SMILES string of the molecule is CC1CC(=O)C(=O)c2cc(F)ccc21. The molecule has 0 spiro atoms. The molecule has 14 heavy (non-hydrogen) atoms. The summed E-state index contributed by atoms with van der Waals surface area (Å²) < 4.78 is 12.9. The summed E-state index contributed by atoms with van der Waals surface area (Å²) in [5.41, 5.74) is 1.00. The zero-order chi connectivity index (χ0) is 10.3. The molecule has 1 unspecified atom stereocenters. The Hall–Kier alpha value is -1.51. The van der Waals surface area contributed by atoms with Gasteiger partial charge in [-0.15, -0.1) is 0 Å². The maximum absolute atomic E-state index is 12.9. The number of rotatable bonds is 0. The largest absolute Gasteiger partial charge is 0.290 e. The molecule has 0 aliphatic heterocycles. The fourth-order valence-corrected chi connectivity index (χ4v) is 1.79. The summed E-state index contributed by atoms with van der Waals surface area (Å²) in [4.78, 5) is 22.6. The molecule has 2 rings (SSSR count). The number of hydrogen-bond acceptors (Lipinski definition) is 2. The maximum atomic E-state index is 12.9. The van der Waals surface area contributed by atoms with Gasteiger partial charge in [-0.3, -0.25) is 9.59 Å². The van der Waals surface area contributed by atoms with Crippen LogP contribution in [0.4, 0.5) is 4.39 Å². The van der Waals surface area contributed by atoms with Crippen LogP contribution in [-0.4, -0.2) is 11.6 Å². The van der Waals surface area contributed by atoms with Crippen LogP contribution >= 0.6 is 0 Å². The summed E-state index contributed by atoms with van der Waals surface area (Å²) in [7, 11) is 0. The summed E-state index contributed by atoms with van der Waals surface area (Å²) in [6.07, 6.45) is 0.234. The molecular formula is C11H9FO2. The van der Waals surface area contributed by atoms with Crippen LogP contribution in [0.2, 0.25) is 0 Å². The molecule has 72 valence electrons. The second-order valence-electron chi connectivity index (χ2n) is 3.59. The van der Waals surface area contributed by atoms with Crippen molar-refractivity contribution in [3.8, 4) is 0 Å². The van der Waals surface area contributed by atoms with E-state index in [1.807, 2.05) is 6.92 Å². The first kappa shape index (κ1) is 9.06. The highest BCUT2D eigenvalue weighted by Crippen LogP contribution is 2.29. The van der Waals surface area contributed by atoms with Crippen LogP contribution in [0.1, 0.15) is 35.2 Å². The molecule has 0 bridgehead atoms. The standard InChI is InChI=1S/C11H9FO2/c1-6-4-10(13)11(14)9-5-7(12)2-3-8(6)9/h2-3,5-6H,4H2,1H3. The fourth-order valence-electron chi connectivity index (χ4n) is 1.79. The Morgan fingerprint density at radius 1 is 1.36 bits per heavy atom. The van der Waals surface area contributed by atoms with Crippen molar-refractivity contribution in [2.45, 2.75) is 19.3 Å². The van der Waals surface area contributed by atoms with E-state index in [9.17, 15) is 14.0 Å². The van der Waals surface area contributed by atoms with Gasteiger partial charge >= 0.3 is 0 Å². The molecule has 1 aromatic carbocycles. The van der Waals surface area contributed by atoms with Crippen LogP contribution < -0.4 is 0 Å². The molecule has 1 aromatic rings. The quantitative estimate of drug-likeness (QED) is 0.590. The highest BCUT2D eigenvalue weighted by molar-refractivity contribution is 6.45. The van der Waals surface area contributed by atoms with E-state index in [0.29, 0.717) is 0 Å². The molecule has 3 heteroatoms. The number of carbonyl (C=O) groups excluding carboxylic acids is 2. The molecule has 1 aliphatic carbocycles. The first-order valence-electron chi connectivity index (χ1n) is 4.46. The highest BCUT2D eigenvalue weighted by Gasteiger charge is 2.29. The number of ketones is 2. The third kappa shape index (κ3) is 1.25. The van der Waals surface area contributed by atoms with E-state index in [2.05, 4.69) is 0 Å². The van der Waals surface area contributed by atoms with Gasteiger partial charge in [0.15, 0.2) is 0 Å². The van der Waals surface area contributed by atoms with Crippen LogP contribution in [0.15, 0.2) is 18.2 Å². The lowest BCUT2D eigenvalue weighted by Crippen LogP contribution is -2.24. The average Bonchev–Trinajstić information content (AvgIpc) is 2.14. The van der Waals surface area contributed by atoms with Crippen molar-refractivity contribution in [3.05, 3.63) is 35.1 Å². The second kappa shape index (κ2) is 3.01. The number of fused-ring (bicyclic) bond motifs is 1. The van der Waals surface area contributed by atoms with E-state index in [1.165, 1.54) is 6.07 Å². The summed E-state index contributed by atoms with van der Waals surface area (Å²) in [5.74, 6) is -1.44. The van der Waals surface area contributed by atoms with Crippen LogP contribution in [0.25, 0.3) is 0 Å². The first-order chi connectivity index (χ1) is 6.59. The number of carbonyl (C=O) groups is 2. The number of Topliss-reactive ketones (excluding diaryl/α,β-unsaturated/α-hetero) is 2. The highest BCUT2D eigenvalue weighted by atomic mass is 19.1. The molecule has 0 N–H and O–H groups in total. The summed E-state index contributed by atoms with van der Waals surface area (Å²) in [5, 5.41) is 0. The summed E-state index contributed by atoms with van der Waals surface area (Å²) in [6.45, 7) is 1.86. The molecule has 0 fully saturated rings. The van der Waals surface area contributed by atoms with Gasteiger partial charge in [-0.05, 0) is 23.6 Å². The van der Waals surface area contributed by atoms with Gasteiger partial charge in [0.05, 0.1) is 0 Å². The topological polar surface area (TPSA) is 34.1 Å². The maximum Gasteiger partial charge on any atom is 0.228 e. The Morgan fingerprint density at radius 3 is 2.79 bits per heavy atom. The molecule has 1 aliphatic rings. The lowest BCUT2D eigenvalue weighted by molar-refractivity contribution is -0.115. The van der Waals surface area contributed by atoms with Crippen LogP contribution in [0.3, 0.4) is 0 Å². The Balaban J connectivity index is 2.62. The van der Waals surface area contributed by atoms with E-state index in [1.54, 1.807) is 6.07 Å². The van der Waals surface area contributed by atoms with Crippen molar-refractivity contribution in [3.63, 3.8) is 0 Å². The minimum atomic E-state index is -0.558. The number of benzene rings is 1. The lowest BCUT2D eigenvalue weighted by atomic mass is 9.82. The van der Waals surface area contributed by atoms with Gasteiger partial charge in [0.2, 0.25) is 11.6 Å². The third-order valence-corrected chi connectivity index (χ3v) is 2.54. The van der Waals surface area contributed by atoms with Gasteiger partial charge in [-0.2, -0.15) is 0 Å². The van der Waals surface area contributed by atoms with E-state index < -0.39 is 17.4 Å². The first-order valence-corrected chi connectivity index (χ1v) is 4.46. The minimum absolute atomic E-state index is 0.01000. The molecule has 0 heterocycles. The van der Waals surface area contributed by atoms with Gasteiger partial charge in [0.25, 0.3) is 0 Å². The van der Waals surface area contributed by atoms with Crippen LogP contribution in [-0.2, 0) is 4.79 Å². The van der Waals surface area contributed by atoms with Gasteiger partial charge in [0.1, 0.15) is 5.82 Å². The number of hydrogen-bond donors (Lipinski definition) is 0. The summed E-state index contributed by atoms with van der Waals surface area (Å²) >= 11 is 0. The van der Waals surface area contributed by atoms with Gasteiger partial charge in [-0.25, -0.2) is 4.39 Å². The van der Waals surface area contributed by atoms with Crippen molar-refractivity contribution in [1.82, 2.24) is 0 Å². The minimum Gasteiger partial charge on any atom is -0.290 e. The third-order valence-electron chi connectivity index (χ3n) is 2.54. The molecule has 0 saturated heterocycles. The number of halogens is 1. The molecular weight excluding hydrogens is 183 g/mol. The predicted molar refractivity (Wildman–Crippen MR) is 48.8 cm³/mol. The van der Waals surface area contributed by atoms with Gasteiger partial charge in [0, 0.05) is 12.0 Å². The predicted octanol–water partition coefficient (Wildman–Crippen LogP) is 2.08. The van der Waals surface area contributed by atoms with E-state index in [0.717, 1.165) is 11.6 Å². The molecule has 1 atom stereocenters. The zero-order valence-electron chi connectivity index (χ0n) is 7.71. The van der Waals surface area contributed by atoms with Crippen LogP contribution in [0.5, 0.6) is 0 Å². The second-order valence-corrected chi connectivity index (χ2v) is 3.59. The monoisotopic (exact) mass is 192 g/mol. The zero-order valence-corrected chi connectivity index (χ0v) is 7.71. The van der Waals surface area contributed by atoms with E-state index >= 15 is 0 Å². The van der Waals surface area contributed by atoms with Gasteiger partial charge in [-0.1, -0.05) is 13.0 Å². The fraction of sp³-hybridized carbons (Fsp3) is 0.273. The molecule has 2 nitrogen and oxygen atoms in total. The van der Waals surface area contributed by atoms with Crippen molar-refractivity contribution in [1.29, 1.82) is 0 Å². The van der Waals surface area contributed by atoms with Crippen molar-refractivity contribution >= 4 is 11.6 Å². The Morgan fingerprint density at radius 2 is 2.07 bits per heavy atom. The van der Waals surface area contributed by atoms with E-state index in [4.69, 9.17) is 0 Å². The smallest absolute Gasteiger partial charge is 0.228 e. The Bertz CT molecular complexity index is 423. The average molecular weight is 192 g/mol. The lowest BCUT2D eigenvalue weighted by Gasteiger charge is -2.19. The van der Waals surface area contributed by atoms with Crippen molar-refractivity contribution < 1.29 is 14.0 Å². The Labute approximate surface area is 80.7 Å². The Kier molecular flexibility index (Phi) is 1.95. The normalized spacial score (nSPS) is 20.9. The van der Waals surface area contributed by atoms with Crippen molar-refractivity contribution in [2.75, 3.05) is 0 Å².